The number of rotatable bonds is 5. The maximum atomic E-state index is 9.88. The maximum Gasteiger partial charge on any atom is 0.166 e. The van der Waals surface area contributed by atoms with E-state index in [9.17, 15) is 5.11 Å². The van der Waals surface area contributed by atoms with E-state index in [1.54, 1.807) is 13.2 Å². The fourth-order valence-electron chi connectivity index (χ4n) is 2.43. The number of hydrogen-bond donors (Lipinski definition) is 2. The van der Waals surface area contributed by atoms with Crippen molar-refractivity contribution in [3.05, 3.63) is 22.7 Å². The van der Waals surface area contributed by atoms with E-state index in [2.05, 4.69) is 5.32 Å². The molecule has 4 nitrogen and oxygen atoms in total. The molecule has 2 unspecified atom stereocenters. The molecule has 0 radical (unpaired) electrons. The third kappa shape index (κ3) is 3.32. The first-order chi connectivity index (χ1) is 9.15. The van der Waals surface area contributed by atoms with Crippen LogP contribution in [0.5, 0.6) is 11.5 Å². The first-order valence-corrected chi connectivity index (χ1v) is 6.89. The molecule has 0 bridgehead atoms. The van der Waals surface area contributed by atoms with Gasteiger partial charge >= 0.3 is 0 Å². The summed E-state index contributed by atoms with van der Waals surface area (Å²) in [6.45, 7) is 0.634. The Kier molecular flexibility index (Phi) is 4.91. The van der Waals surface area contributed by atoms with Gasteiger partial charge in [-0.25, -0.2) is 0 Å². The van der Waals surface area contributed by atoms with Crippen molar-refractivity contribution >= 4 is 11.6 Å². The molecule has 106 valence electrons. The molecule has 1 fully saturated rings. The normalized spacial score (nSPS) is 22.5. The number of aliphatic hydroxyl groups excluding tert-OH is 1. The van der Waals surface area contributed by atoms with Crippen LogP contribution >= 0.6 is 11.6 Å². The molecular formula is C14H20ClNO3. The van der Waals surface area contributed by atoms with Gasteiger partial charge < -0.3 is 19.9 Å². The SMILES string of the molecule is CNCc1cc(Cl)cc(OC)c1OC1CCCC1O. The molecule has 1 saturated carbocycles. The van der Waals surface area contributed by atoms with Crippen LogP contribution in [0.25, 0.3) is 0 Å². The number of nitrogens with one attached hydrogen (secondary N) is 1. The zero-order valence-corrected chi connectivity index (χ0v) is 12.0. The monoisotopic (exact) mass is 285 g/mol. The molecule has 2 atom stereocenters. The Labute approximate surface area is 118 Å². The lowest BCUT2D eigenvalue weighted by Gasteiger charge is -2.21. The molecule has 0 saturated heterocycles. The van der Waals surface area contributed by atoms with E-state index in [-0.39, 0.29) is 6.10 Å². The van der Waals surface area contributed by atoms with Crippen LogP contribution in [0.1, 0.15) is 24.8 Å². The van der Waals surface area contributed by atoms with Gasteiger partial charge in [-0.15, -0.1) is 0 Å². The molecule has 1 aliphatic rings. The minimum atomic E-state index is -0.400. The van der Waals surface area contributed by atoms with E-state index in [4.69, 9.17) is 21.1 Å². The Hall–Kier alpha value is -0.970. The van der Waals surface area contributed by atoms with Gasteiger partial charge in [0.15, 0.2) is 11.5 Å². The van der Waals surface area contributed by atoms with Crippen LogP contribution in [0.15, 0.2) is 12.1 Å². The van der Waals surface area contributed by atoms with Crippen molar-refractivity contribution in [1.82, 2.24) is 5.32 Å². The lowest BCUT2D eigenvalue weighted by atomic mass is 10.1. The highest BCUT2D eigenvalue weighted by molar-refractivity contribution is 6.30. The molecule has 1 aliphatic carbocycles. The number of ether oxygens (including phenoxy) is 2. The quantitative estimate of drug-likeness (QED) is 0.872. The molecule has 2 rings (SSSR count). The van der Waals surface area contributed by atoms with Gasteiger partial charge in [-0.2, -0.15) is 0 Å². The molecule has 1 aromatic rings. The average Bonchev–Trinajstić information content (AvgIpc) is 2.78. The van der Waals surface area contributed by atoms with Gasteiger partial charge in [0.2, 0.25) is 0 Å². The van der Waals surface area contributed by atoms with Crippen LogP contribution in [0.4, 0.5) is 0 Å². The fourth-order valence-corrected chi connectivity index (χ4v) is 2.66. The van der Waals surface area contributed by atoms with Crippen LogP contribution in [0.3, 0.4) is 0 Å². The summed E-state index contributed by atoms with van der Waals surface area (Å²) < 4.78 is 11.3. The summed E-state index contributed by atoms with van der Waals surface area (Å²) in [7, 11) is 3.45. The van der Waals surface area contributed by atoms with Gasteiger partial charge in [0.1, 0.15) is 6.10 Å². The first-order valence-electron chi connectivity index (χ1n) is 6.51. The third-order valence-corrected chi connectivity index (χ3v) is 3.59. The molecule has 2 N–H and O–H groups in total. The second kappa shape index (κ2) is 6.46. The van der Waals surface area contributed by atoms with Crippen LogP contribution in [0, 0.1) is 0 Å². The van der Waals surface area contributed by atoms with E-state index < -0.39 is 6.10 Å². The summed E-state index contributed by atoms with van der Waals surface area (Å²) in [6.07, 6.45) is 2.09. The number of halogens is 1. The molecule has 5 heteroatoms. The van der Waals surface area contributed by atoms with E-state index >= 15 is 0 Å². The van der Waals surface area contributed by atoms with Gasteiger partial charge in [0, 0.05) is 23.2 Å². The van der Waals surface area contributed by atoms with Crippen molar-refractivity contribution in [2.75, 3.05) is 14.2 Å². The minimum Gasteiger partial charge on any atom is -0.493 e. The van der Waals surface area contributed by atoms with Crippen molar-refractivity contribution in [3.8, 4) is 11.5 Å². The summed E-state index contributed by atoms with van der Waals surface area (Å²) in [5.74, 6) is 1.28. The summed E-state index contributed by atoms with van der Waals surface area (Å²) in [6, 6.07) is 3.59. The predicted octanol–water partition coefficient (Wildman–Crippen LogP) is 2.36. The Morgan fingerprint density at radius 1 is 1.42 bits per heavy atom. The van der Waals surface area contributed by atoms with Crippen molar-refractivity contribution in [3.63, 3.8) is 0 Å². The van der Waals surface area contributed by atoms with Crippen molar-refractivity contribution in [2.24, 2.45) is 0 Å². The van der Waals surface area contributed by atoms with Crippen LogP contribution in [-0.4, -0.2) is 31.5 Å². The summed E-state index contributed by atoms with van der Waals surface area (Å²) in [4.78, 5) is 0. The smallest absolute Gasteiger partial charge is 0.166 e. The van der Waals surface area contributed by atoms with Crippen molar-refractivity contribution < 1.29 is 14.6 Å². The van der Waals surface area contributed by atoms with Crippen molar-refractivity contribution in [1.29, 1.82) is 0 Å². The molecule has 0 heterocycles. The molecule has 1 aromatic carbocycles. The molecule has 0 amide bonds. The topological polar surface area (TPSA) is 50.7 Å². The predicted molar refractivity (Wildman–Crippen MR) is 75.0 cm³/mol. The molecule has 19 heavy (non-hydrogen) atoms. The number of hydrogen-bond acceptors (Lipinski definition) is 4. The number of aliphatic hydroxyl groups is 1. The molecule has 0 aromatic heterocycles. The van der Waals surface area contributed by atoms with E-state index in [1.165, 1.54) is 0 Å². The number of methoxy groups -OCH3 is 1. The second-order valence-corrected chi connectivity index (χ2v) is 5.22. The highest BCUT2D eigenvalue weighted by Crippen LogP contribution is 2.37. The Morgan fingerprint density at radius 3 is 2.79 bits per heavy atom. The highest BCUT2D eigenvalue weighted by atomic mass is 35.5. The van der Waals surface area contributed by atoms with E-state index in [0.29, 0.717) is 23.1 Å². The Balaban J connectivity index is 2.29. The van der Waals surface area contributed by atoms with E-state index in [0.717, 1.165) is 24.8 Å². The van der Waals surface area contributed by atoms with Gasteiger partial charge in [-0.1, -0.05) is 11.6 Å². The average molecular weight is 286 g/mol. The summed E-state index contributed by atoms with van der Waals surface area (Å²) in [5.41, 5.74) is 0.936. The summed E-state index contributed by atoms with van der Waals surface area (Å²) >= 11 is 6.07. The fraction of sp³-hybridized carbons (Fsp3) is 0.571. The van der Waals surface area contributed by atoms with E-state index in [1.807, 2.05) is 13.1 Å². The van der Waals surface area contributed by atoms with Gasteiger partial charge in [-0.05, 0) is 32.4 Å². The summed E-state index contributed by atoms with van der Waals surface area (Å²) in [5, 5.41) is 13.6. The maximum absolute atomic E-state index is 9.88. The van der Waals surface area contributed by atoms with Crippen molar-refractivity contribution in [2.45, 2.75) is 38.0 Å². The Morgan fingerprint density at radius 2 is 2.21 bits per heavy atom. The molecular weight excluding hydrogens is 266 g/mol. The minimum absolute atomic E-state index is 0.161. The zero-order chi connectivity index (χ0) is 13.8. The molecule has 0 aliphatic heterocycles. The largest absolute Gasteiger partial charge is 0.493 e. The van der Waals surface area contributed by atoms with Crippen LogP contribution in [-0.2, 0) is 6.54 Å². The first kappa shape index (κ1) is 14.4. The highest BCUT2D eigenvalue weighted by Gasteiger charge is 2.28. The Bertz CT molecular complexity index is 439. The van der Waals surface area contributed by atoms with Gasteiger partial charge in [-0.3, -0.25) is 0 Å². The van der Waals surface area contributed by atoms with Crippen LogP contribution < -0.4 is 14.8 Å². The second-order valence-electron chi connectivity index (χ2n) is 4.78. The zero-order valence-electron chi connectivity index (χ0n) is 11.3. The number of benzene rings is 1. The third-order valence-electron chi connectivity index (χ3n) is 3.37. The molecule has 0 spiro atoms. The lowest BCUT2D eigenvalue weighted by molar-refractivity contribution is 0.0579. The lowest BCUT2D eigenvalue weighted by Crippen LogP contribution is -2.26. The standard InChI is InChI=1S/C14H20ClNO3/c1-16-8-9-6-10(15)7-13(18-2)14(9)19-12-5-3-4-11(12)17/h6-7,11-12,16-17H,3-5,8H2,1-2H3. The van der Waals surface area contributed by atoms with Gasteiger partial charge in [0.25, 0.3) is 0 Å². The van der Waals surface area contributed by atoms with Crippen LogP contribution in [0.2, 0.25) is 5.02 Å². The van der Waals surface area contributed by atoms with Gasteiger partial charge in [0.05, 0.1) is 13.2 Å².